The molecule has 6 heteroatoms. The Kier molecular flexibility index (Phi) is 8.11. The van der Waals surface area contributed by atoms with Gasteiger partial charge in [0.15, 0.2) is 6.10 Å². The van der Waals surface area contributed by atoms with Crippen molar-refractivity contribution in [3.63, 3.8) is 0 Å². The van der Waals surface area contributed by atoms with Crippen molar-refractivity contribution in [2.75, 3.05) is 0 Å². The van der Waals surface area contributed by atoms with E-state index in [0.29, 0.717) is 0 Å². The van der Waals surface area contributed by atoms with Crippen molar-refractivity contribution in [3.05, 3.63) is 0 Å². The summed E-state index contributed by atoms with van der Waals surface area (Å²) in [6.45, 7) is 0. The Morgan fingerprint density at radius 1 is 1.50 bits per heavy atom. The number of aliphatic hydroxyl groups excluding tert-OH is 1. The average Bonchev–Trinajstić information content (AvgIpc) is 1.63. The number of carboxylic acids is 2. The summed E-state index contributed by atoms with van der Waals surface area (Å²) < 4.78 is 0. The number of carboxylic acid groups (broad SMARTS) is 2. The molecule has 0 aliphatic heterocycles. The molecule has 0 aromatic rings. The molecule has 0 spiro atoms. The minimum atomic E-state index is -1.79. The van der Waals surface area contributed by atoms with Gasteiger partial charge in [-0.25, -0.2) is 4.79 Å². The minimum absolute atomic E-state index is 0. The largest absolute Gasteiger partial charge is 2.00 e. The molecule has 0 bridgehead atoms. The van der Waals surface area contributed by atoms with Gasteiger partial charge in [-0.15, -0.1) is 0 Å². The van der Waals surface area contributed by atoms with Gasteiger partial charge in [0.25, 0.3) is 0 Å². The van der Waals surface area contributed by atoms with Crippen LogP contribution in [-0.2, 0) is 9.59 Å². The van der Waals surface area contributed by atoms with Crippen LogP contribution in [0.5, 0.6) is 0 Å². The van der Waals surface area contributed by atoms with Gasteiger partial charge in [0.05, 0.1) is 6.42 Å². The summed E-state index contributed by atoms with van der Waals surface area (Å²) in [5.41, 5.74) is 0. The van der Waals surface area contributed by atoms with E-state index in [1.54, 1.807) is 0 Å². The molecule has 1 atom stereocenters. The fourth-order valence-electron chi connectivity index (χ4n) is 0.253. The zero-order valence-electron chi connectivity index (χ0n) is 8.15. The molecule has 3 N–H and O–H groups in total. The van der Waals surface area contributed by atoms with Crippen LogP contribution in [0.1, 0.15) is 10.7 Å². The van der Waals surface area contributed by atoms with Crippen LogP contribution in [0.15, 0.2) is 0 Å². The fraction of sp³-hybridized carbons (Fsp3) is 0.500. The predicted octanol–water partition coefficient (Wildman–Crippen LogP) is -1.14. The van der Waals surface area contributed by atoms with Crippen LogP contribution >= 0.6 is 0 Å². The number of hydrogen-bond donors (Lipinski definition) is 3. The maximum atomic E-state index is 9.72. The van der Waals surface area contributed by atoms with Crippen LogP contribution in [0.2, 0.25) is 0 Å². The zero-order chi connectivity index (χ0) is 7.44. The Balaban J connectivity index is -0.0000000533. The summed E-state index contributed by atoms with van der Waals surface area (Å²) in [5.74, 6) is -2.85. The molecule has 0 aromatic carbocycles. The monoisotopic (exact) mass is 275 g/mol. The first-order valence-electron chi connectivity index (χ1n) is 2.16. The maximum absolute atomic E-state index is 9.72. The summed E-state index contributed by atoms with van der Waals surface area (Å²) in [6.07, 6.45) is -2.54. The third kappa shape index (κ3) is 6.59. The standard InChI is InChI=1S/C4H6O5.Ba.2H/c5-2(4(8)9)1-3(6)7;;;/h2,5H,1H2,(H,6,7)(H,8,9);;;/q;+2;2*-1/p+1. The van der Waals surface area contributed by atoms with Crippen molar-refractivity contribution in [1.82, 2.24) is 0 Å². The van der Waals surface area contributed by atoms with Gasteiger partial charge in [0.1, 0.15) is 0 Å². The zero-order valence-corrected chi connectivity index (χ0v) is 9.59. The number of hydrogen-bond acceptors (Lipinski definition) is 3. The van der Waals surface area contributed by atoms with Crippen molar-refractivity contribution in [3.8, 4) is 0 Å². The van der Waals surface area contributed by atoms with Crippen LogP contribution in [0.4, 0.5) is 0 Å². The molecular formula is C4H9BaO5+. The molecule has 0 aromatic heterocycles. The number of aliphatic hydroxyl groups is 1. The van der Waals surface area contributed by atoms with Crippen LogP contribution in [0.3, 0.4) is 0 Å². The SMILES string of the molecule is O=C(O)CC(O)C(=O)O.[Ba+2].[H+].[H-].[H-]. The quantitative estimate of drug-likeness (QED) is 0.566. The van der Waals surface area contributed by atoms with Crippen LogP contribution < -0.4 is 0 Å². The van der Waals surface area contributed by atoms with Gasteiger partial charge >= 0.3 is 62.2 Å². The maximum Gasteiger partial charge on any atom is 2.00 e. The summed E-state index contributed by atoms with van der Waals surface area (Å²) in [5, 5.41) is 24.1. The van der Waals surface area contributed by atoms with E-state index in [1.807, 2.05) is 0 Å². The molecule has 0 saturated carbocycles. The fourth-order valence-corrected chi connectivity index (χ4v) is 0.253. The van der Waals surface area contributed by atoms with E-state index in [0.717, 1.165) is 0 Å². The molecule has 10 heavy (non-hydrogen) atoms. The topological polar surface area (TPSA) is 94.8 Å². The van der Waals surface area contributed by atoms with Gasteiger partial charge in [-0.05, 0) is 0 Å². The number of aliphatic carboxylic acids is 2. The van der Waals surface area contributed by atoms with Crippen LogP contribution in [-0.4, -0.2) is 82.2 Å². The normalized spacial score (nSPS) is 11.3. The smallest absolute Gasteiger partial charge is 1.00 e. The summed E-state index contributed by atoms with van der Waals surface area (Å²) in [7, 11) is 0. The molecule has 0 rings (SSSR count). The molecule has 0 saturated heterocycles. The van der Waals surface area contributed by atoms with E-state index >= 15 is 0 Å². The first kappa shape index (κ1) is 13.1. The van der Waals surface area contributed by atoms with Crippen LogP contribution in [0, 0.1) is 0 Å². The van der Waals surface area contributed by atoms with Crippen molar-refractivity contribution < 1.29 is 29.2 Å². The van der Waals surface area contributed by atoms with Gasteiger partial charge in [0.2, 0.25) is 0 Å². The molecule has 0 amide bonds. The van der Waals surface area contributed by atoms with E-state index < -0.39 is 24.5 Å². The molecule has 56 valence electrons. The molecule has 0 radical (unpaired) electrons. The Morgan fingerprint density at radius 2 is 1.90 bits per heavy atom. The van der Waals surface area contributed by atoms with Gasteiger partial charge in [0, 0.05) is 0 Å². The van der Waals surface area contributed by atoms with Crippen molar-refractivity contribution in [2.24, 2.45) is 0 Å². The van der Waals surface area contributed by atoms with E-state index in [1.165, 1.54) is 0 Å². The first-order chi connectivity index (χ1) is 4.04. The number of carbonyl (C=O) groups is 2. The van der Waals surface area contributed by atoms with Gasteiger partial charge in [-0.1, -0.05) is 0 Å². The molecule has 0 aliphatic carbocycles. The van der Waals surface area contributed by atoms with E-state index in [2.05, 4.69) is 0 Å². The van der Waals surface area contributed by atoms with E-state index in [-0.39, 0.29) is 53.2 Å². The minimum Gasteiger partial charge on any atom is -1.00 e. The van der Waals surface area contributed by atoms with E-state index in [4.69, 9.17) is 15.3 Å². The summed E-state index contributed by atoms with van der Waals surface area (Å²) in [4.78, 5) is 19.4. The van der Waals surface area contributed by atoms with Crippen LogP contribution in [0.25, 0.3) is 0 Å². The average molecular weight is 274 g/mol. The Bertz CT molecular complexity index is 144. The molecule has 5 nitrogen and oxygen atoms in total. The Morgan fingerprint density at radius 3 is 2.00 bits per heavy atom. The van der Waals surface area contributed by atoms with Gasteiger partial charge < -0.3 is 18.2 Å². The second-order valence-corrected chi connectivity index (χ2v) is 1.45. The van der Waals surface area contributed by atoms with Gasteiger partial charge in [-0.2, -0.15) is 0 Å². The molecule has 0 heterocycles. The van der Waals surface area contributed by atoms with Crippen molar-refractivity contribution in [2.45, 2.75) is 12.5 Å². The third-order valence-electron chi connectivity index (χ3n) is 0.653. The third-order valence-corrected chi connectivity index (χ3v) is 0.653. The van der Waals surface area contributed by atoms with Crippen molar-refractivity contribution >= 4 is 60.8 Å². The van der Waals surface area contributed by atoms with Crippen molar-refractivity contribution in [1.29, 1.82) is 0 Å². The molecule has 0 fully saturated rings. The second-order valence-electron chi connectivity index (χ2n) is 1.45. The van der Waals surface area contributed by atoms with E-state index in [9.17, 15) is 9.59 Å². The molecule has 0 aliphatic rings. The Hall–Kier alpha value is 0.471. The molecule has 1 unspecified atom stereocenters. The summed E-state index contributed by atoms with van der Waals surface area (Å²) >= 11 is 0. The Labute approximate surface area is 102 Å². The number of rotatable bonds is 3. The predicted molar refractivity (Wildman–Crippen MR) is 35.0 cm³/mol. The van der Waals surface area contributed by atoms with Gasteiger partial charge in [-0.3, -0.25) is 4.79 Å². The summed E-state index contributed by atoms with van der Waals surface area (Å²) in [6, 6.07) is 0. The molecular weight excluding hydrogens is 265 g/mol. The second kappa shape index (κ2) is 6.20. The first-order valence-corrected chi connectivity index (χ1v) is 2.16.